The van der Waals surface area contributed by atoms with Crippen molar-refractivity contribution in [2.45, 2.75) is 31.9 Å². The summed E-state index contributed by atoms with van der Waals surface area (Å²) in [6, 6.07) is 12.5. The van der Waals surface area contributed by atoms with Crippen LogP contribution in [0.25, 0.3) is 0 Å². The predicted octanol–water partition coefficient (Wildman–Crippen LogP) is 4.38. The first kappa shape index (κ1) is 16.7. The smallest absolute Gasteiger partial charge is 0.251 e. The van der Waals surface area contributed by atoms with Gasteiger partial charge in [-0.2, -0.15) is 0 Å². The summed E-state index contributed by atoms with van der Waals surface area (Å²) in [6.07, 6.45) is 0.679. The summed E-state index contributed by atoms with van der Waals surface area (Å²) in [4.78, 5) is 12.6. The third-order valence-corrected chi connectivity index (χ3v) is 4.31. The average Bonchev–Trinajstić information content (AvgIpc) is 2.53. The van der Waals surface area contributed by atoms with Crippen LogP contribution in [0.1, 0.15) is 42.2 Å². The van der Waals surface area contributed by atoms with E-state index in [4.69, 9.17) is 21.1 Å². The second-order valence-electron chi connectivity index (χ2n) is 6.51. The first-order valence-corrected chi connectivity index (χ1v) is 8.19. The number of hydrogen-bond acceptors (Lipinski definition) is 3. The van der Waals surface area contributed by atoms with Crippen molar-refractivity contribution in [1.29, 1.82) is 0 Å². The zero-order valence-electron chi connectivity index (χ0n) is 13.9. The topological polar surface area (TPSA) is 47.6 Å². The van der Waals surface area contributed by atoms with Crippen LogP contribution >= 0.6 is 11.6 Å². The lowest BCUT2D eigenvalue weighted by Gasteiger charge is -2.38. The summed E-state index contributed by atoms with van der Waals surface area (Å²) in [6.45, 7) is 4.02. The van der Waals surface area contributed by atoms with Crippen LogP contribution in [0.5, 0.6) is 11.5 Å². The number of fused-ring (bicyclic) bond motifs is 1. The Morgan fingerprint density at radius 1 is 1.29 bits per heavy atom. The molecular formula is C19H20ClNO3. The van der Waals surface area contributed by atoms with E-state index in [2.05, 4.69) is 5.32 Å². The van der Waals surface area contributed by atoms with E-state index in [0.717, 1.165) is 17.1 Å². The van der Waals surface area contributed by atoms with E-state index in [-0.39, 0.29) is 17.6 Å². The molecule has 2 aromatic carbocycles. The van der Waals surface area contributed by atoms with Gasteiger partial charge < -0.3 is 14.8 Å². The van der Waals surface area contributed by atoms with E-state index in [9.17, 15) is 4.79 Å². The number of benzene rings is 2. The fourth-order valence-electron chi connectivity index (χ4n) is 2.96. The molecule has 1 heterocycles. The Hall–Kier alpha value is -2.20. The van der Waals surface area contributed by atoms with Gasteiger partial charge in [0.25, 0.3) is 5.91 Å². The number of hydrogen-bond donors (Lipinski definition) is 1. The van der Waals surface area contributed by atoms with Crippen molar-refractivity contribution in [1.82, 2.24) is 5.32 Å². The highest BCUT2D eigenvalue weighted by Gasteiger charge is 2.35. The summed E-state index contributed by atoms with van der Waals surface area (Å²) in [7, 11) is 1.62. The molecule has 2 aromatic rings. The number of ether oxygens (including phenoxy) is 2. The van der Waals surface area contributed by atoms with Crippen LogP contribution in [0.2, 0.25) is 5.02 Å². The Balaban J connectivity index is 1.89. The predicted molar refractivity (Wildman–Crippen MR) is 94.0 cm³/mol. The van der Waals surface area contributed by atoms with Crippen molar-refractivity contribution < 1.29 is 14.3 Å². The molecule has 1 aliphatic heterocycles. The lowest BCUT2D eigenvalue weighted by Crippen LogP contribution is -2.41. The van der Waals surface area contributed by atoms with Crippen LogP contribution in [-0.4, -0.2) is 18.6 Å². The maximum Gasteiger partial charge on any atom is 0.251 e. The third kappa shape index (κ3) is 3.49. The van der Waals surface area contributed by atoms with Gasteiger partial charge in [-0.15, -0.1) is 0 Å². The molecule has 0 saturated carbocycles. The summed E-state index contributed by atoms with van der Waals surface area (Å²) in [5.41, 5.74) is 1.11. The molecule has 0 bridgehead atoms. The van der Waals surface area contributed by atoms with Crippen molar-refractivity contribution in [3.8, 4) is 11.5 Å². The quantitative estimate of drug-likeness (QED) is 0.898. The maximum absolute atomic E-state index is 12.6. The molecule has 4 nitrogen and oxygen atoms in total. The number of methoxy groups -OCH3 is 1. The van der Waals surface area contributed by atoms with Crippen LogP contribution in [0.4, 0.5) is 0 Å². The van der Waals surface area contributed by atoms with Gasteiger partial charge in [0.2, 0.25) is 0 Å². The number of carbonyl (C=O) groups excluding carboxylic acids is 1. The molecule has 0 aliphatic carbocycles. The summed E-state index contributed by atoms with van der Waals surface area (Å²) >= 11 is 5.98. The van der Waals surface area contributed by atoms with E-state index in [1.165, 1.54) is 0 Å². The fraction of sp³-hybridized carbons (Fsp3) is 0.316. The SMILES string of the molecule is COc1ccc2c(c1)OC(C)(C)C[C@H]2NC(=O)c1cccc(Cl)c1. The number of nitrogens with one attached hydrogen (secondary N) is 1. The molecule has 0 fully saturated rings. The van der Waals surface area contributed by atoms with Crippen molar-refractivity contribution in [2.24, 2.45) is 0 Å². The van der Waals surface area contributed by atoms with Gasteiger partial charge in [0, 0.05) is 28.6 Å². The highest BCUT2D eigenvalue weighted by molar-refractivity contribution is 6.30. The van der Waals surface area contributed by atoms with E-state index >= 15 is 0 Å². The zero-order valence-corrected chi connectivity index (χ0v) is 14.7. The van der Waals surface area contributed by atoms with E-state index in [1.54, 1.807) is 31.4 Å². The van der Waals surface area contributed by atoms with E-state index in [1.807, 2.05) is 32.0 Å². The van der Waals surface area contributed by atoms with Gasteiger partial charge in [0.1, 0.15) is 17.1 Å². The Morgan fingerprint density at radius 3 is 2.79 bits per heavy atom. The Morgan fingerprint density at radius 2 is 2.08 bits per heavy atom. The van der Waals surface area contributed by atoms with Crippen LogP contribution < -0.4 is 14.8 Å². The number of halogens is 1. The number of amides is 1. The Bertz CT molecular complexity index is 773. The standard InChI is InChI=1S/C19H20ClNO3/c1-19(2)11-16(15-8-7-14(23-3)10-17(15)24-19)21-18(22)12-5-4-6-13(20)9-12/h4-10,16H,11H2,1-3H3,(H,21,22)/t16-/m1/s1. The molecule has 0 radical (unpaired) electrons. The normalized spacial score (nSPS) is 18.2. The first-order chi connectivity index (χ1) is 11.4. The van der Waals surface area contributed by atoms with Crippen molar-refractivity contribution >= 4 is 17.5 Å². The second-order valence-corrected chi connectivity index (χ2v) is 6.94. The van der Waals surface area contributed by atoms with Gasteiger partial charge in [-0.1, -0.05) is 17.7 Å². The van der Waals surface area contributed by atoms with Crippen molar-refractivity contribution in [3.63, 3.8) is 0 Å². The van der Waals surface area contributed by atoms with Gasteiger partial charge in [-0.25, -0.2) is 0 Å². The molecule has 1 amide bonds. The fourth-order valence-corrected chi connectivity index (χ4v) is 3.15. The Kier molecular flexibility index (Phi) is 4.41. The van der Waals surface area contributed by atoms with Gasteiger partial charge in [-0.05, 0) is 44.2 Å². The molecule has 1 aliphatic rings. The van der Waals surface area contributed by atoms with Crippen LogP contribution in [0, 0.1) is 0 Å². The molecule has 3 rings (SSSR count). The molecule has 24 heavy (non-hydrogen) atoms. The third-order valence-electron chi connectivity index (χ3n) is 4.07. The molecule has 0 unspecified atom stereocenters. The summed E-state index contributed by atoms with van der Waals surface area (Å²) < 4.78 is 11.3. The molecule has 1 atom stereocenters. The Labute approximate surface area is 146 Å². The lowest BCUT2D eigenvalue weighted by molar-refractivity contribution is 0.0617. The molecular weight excluding hydrogens is 326 g/mol. The van der Waals surface area contributed by atoms with Gasteiger partial charge >= 0.3 is 0 Å². The van der Waals surface area contributed by atoms with Crippen molar-refractivity contribution in [2.75, 3.05) is 7.11 Å². The lowest BCUT2D eigenvalue weighted by atomic mass is 9.89. The largest absolute Gasteiger partial charge is 0.497 e. The molecule has 0 spiro atoms. The molecule has 5 heteroatoms. The van der Waals surface area contributed by atoms with Crippen LogP contribution in [-0.2, 0) is 0 Å². The molecule has 0 aromatic heterocycles. The van der Waals surface area contributed by atoms with Gasteiger partial charge in [0.15, 0.2) is 0 Å². The molecule has 126 valence electrons. The number of carbonyl (C=O) groups is 1. The van der Waals surface area contributed by atoms with Crippen LogP contribution in [0.3, 0.4) is 0 Å². The second kappa shape index (κ2) is 6.36. The average molecular weight is 346 g/mol. The highest BCUT2D eigenvalue weighted by Crippen LogP contribution is 2.41. The number of rotatable bonds is 3. The van der Waals surface area contributed by atoms with E-state index in [0.29, 0.717) is 17.0 Å². The minimum atomic E-state index is -0.383. The summed E-state index contributed by atoms with van der Waals surface area (Å²) in [5, 5.41) is 3.64. The first-order valence-electron chi connectivity index (χ1n) is 7.81. The van der Waals surface area contributed by atoms with Gasteiger partial charge in [-0.3, -0.25) is 4.79 Å². The summed E-state index contributed by atoms with van der Waals surface area (Å²) in [5.74, 6) is 1.32. The van der Waals surface area contributed by atoms with Gasteiger partial charge in [0.05, 0.1) is 13.2 Å². The van der Waals surface area contributed by atoms with Crippen LogP contribution in [0.15, 0.2) is 42.5 Å². The zero-order chi connectivity index (χ0) is 17.3. The molecule has 0 saturated heterocycles. The minimum absolute atomic E-state index is 0.138. The maximum atomic E-state index is 12.6. The van der Waals surface area contributed by atoms with Crippen molar-refractivity contribution in [3.05, 3.63) is 58.6 Å². The molecule has 1 N–H and O–H groups in total. The minimum Gasteiger partial charge on any atom is -0.497 e. The highest BCUT2D eigenvalue weighted by atomic mass is 35.5. The van der Waals surface area contributed by atoms with E-state index < -0.39 is 0 Å². The monoisotopic (exact) mass is 345 g/mol.